The number of fused-ring (bicyclic) bond motifs is 3. The maximum absolute atomic E-state index is 13.2. The van der Waals surface area contributed by atoms with Crippen molar-refractivity contribution >= 4 is 10.8 Å². The van der Waals surface area contributed by atoms with Crippen LogP contribution in [0.1, 0.15) is 53.7 Å². The Bertz CT molecular complexity index is 1800. The molecule has 0 spiro atoms. The molecule has 0 aromatic heterocycles. The van der Waals surface area contributed by atoms with Gasteiger partial charge in [-0.05, 0) is 71.4 Å². The van der Waals surface area contributed by atoms with E-state index in [1.807, 2.05) is 13.8 Å². The van der Waals surface area contributed by atoms with Crippen LogP contribution in [0.4, 0.5) is 0 Å². The number of phenols is 6. The van der Waals surface area contributed by atoms with Crippen LogP contribution in [-0.2, 0) is 19.3 Å². The van der Waals surface area contributed by atoms with Gasteiger partial charge >= 0.3 is 0 Å². The predicted octanol–water partition coefficient (Wildman–Crippen LogP) is 4.97. The van der Waals surface area contributed by atoms with Gasteiger partial charge in [0.05, 0.1) is 5.39 Å². The molecule has 1 aliphatic heterocycles. The average Bonchev–Trinajstić information content (AvgIpc) is 3.03. The minimum absolute atomic E-state index is 0.0139. The second-order valence-corrected chi connectivity index (χ2v) is 11.4. The zero-order valence-corrected chi connectivity index (χ0v) is 22.4. The third-order valence-electron chi connectivity index (χ3n) is 8.59. The van der Waals surface area contributed by atoms with E-state index in [1.165, 1.54) is 30.3 Å². The van der Waals surface area contributed by atoms with E-state index in [4.69, 9.17) is 4.74 Å². The van der Waals surface area contributed by atoms with Gasteiger partial charge in [-0.2, -0.15) is 0 Å². The molecule has 2 aliphatic rings. The van der Waals surface area contributed by atoms with Gasteiger partial charge in [0.25, 0.3) is 0 Å². The van der Waals surface area contributed by atoms with E-state index in [0.717, 1.165) is 11.1 Å². The lowest BCUT2D eigenvalue weighted by Crippen LogP contribution is -2.24. The summed E-state index contributed by atoms with van der Waals surface area (Å²) in [6, 6.07) is 9.91. The Kier molecular flexibility index (Phi) is 6.06. The maximum Gasteiger partial charge on any atom is 0.221 e. The molecule has 4 atom stereocenters. The standard InChI is InChI=1S/C32H30O9/c1-13-3-20-15(5-17(33)9-24(20)35)6-19(13)16-7-21-22(12-27(38)31(40)29(21)30(39)26(37)8-16)32-14(2)4-23-25(36)10-18(34)11-28(23)41-32/h5,7-14,19,32-36,38,40H,3-4,6H2,1-2H3,(H,37,39)/t13-,14-,19+,32+/m1/s1. The Balaban J connectivity index is 1.56. The van der Waals surface area contributed by atoms with Crippen molar-refractivity contribution in [2.75, 3.05) is 0 Å². The summed E-state index contributed by atoms with van der Waals surface area (Å²) in [7, 11) is 0. The van der Waals surface area contributed by atoms with Crippen molar-refractivity contribution in [2.24, 2.45) is 11.8 Å². The molecule has 9 heteroatoms. The van der Waals surface area contributed by atoms with Crippen molar-refractivity contribution < 1.29 is 40.5 Å². The number of aromatic hydroxyl groups is 7. The van der Waals surface area contributed by atoms with Crippen LogP contribution in [-0.4, -0.2) is 35.7 Å². The highest BCUT2D eigenvalue weighted by Gasteiger charge is 2.34. The third kappa shape index (κ3) is 4.28. The smallest absolute Gasteiger partial charge is 0.221 e. The zero-order chi connectivity index (χ0) is 29.3. The highest BCUT2D eigenvalue weighted by atomic mass is 16.5. The molecule has 6 rings (SSSR count). The molecular formula is C32H30O9. The van der Waals surface area contributed by atoms with E-state index in [0.29, 0.717) is 41.3 Å². The number of hydrogen-bond donors (Lipinski definition) is 7. The normalized spacial score (nSPS) is 21.6. The van der Waals surface area contributed by atoms with Gasteiger partial charge in [0.2, 0.25) is 5.43 Å². The summed E-state index contributed by atoms with van der Waals surface area (Å²) in [6.45, 7) is 3.88. The molecule has 0 radical (unpaired) electrons. The van der Waals surface area contributed by atoms with Gasteiger partial charge < -0.3 is 40.5 Å². The van der Waals surface area contributed by atoms with Crippen LogP contribution >= 0.6 is 0 Å². The molecule has 0 amide bonds. The van der Waals surface area contributed by atoms with Crippen molar-refractivity contribution in [2.45, 2.75) is 45.1 Å². The summed E-state index contributed by atoms with van der Waals surface area (Å²) in [4.78, 5) is 13.2. The van der Waals surface area contributed by atoms with Gasteiger partial charge in [0.15, 0.2) is 17.2 Å². The lowest BCUT2D eigenvalue weighted by Gasteiger charge is -2.33. The Morgan fingerprint density at radius 2 is 1.34 bits per heavy atom. The molecule has 4 aromatic carbocycles. The first kappa shape index (κ1) is 26.4. The first-order chi connectivity index (χ1) is 19.4. The maximum atomic E-state index is 13.2. The summed E-state index contributed by atoms with van der Waals surface area (Å²) in [5, 5.41) is 73.5. The van der Waals surface area contributed by atoms with Crippen molar-refractivity contribution in [3.05, 3.63) is 80.5 Å². The zero-order valence-electron chi connectivity index (χ0n) is 22.4. The van der Waals surface area contributed by atoms with E-state index in [9.17, 15) is 40.5 Å². The van der Waals surface area contributed by atoms with Crippen LogP contribution in [0.5, 0.6) is 46.0 Å². The minimum Gasteiger partial charge on any atom is -0.508 e. The van der Waals surface area contributed by atoms with E-state index in [2.05, 4.69) is 0 Å². The first-order valence-electron chi connectivity index (χ1n) is 13.4. The fourth-order valence-corrected chi connectivity index (χ4v) is 6.53. The van der Waals surface area contributed by atoms with Gasteiger partial charge in [-0.3, -0.25) is 4.79 Å². The Morgan fingerprint density at radius 1 is 0.683 bits per heavy atom. The van der Waals surface area contributed by atoms with Gasteiger partial charge in [0.1, 0.15) is 34.9 Å². The average molecular weight is 559 g/mol. The van der Waals surface area contributed by atoms with Gasteiger partial charge in [-0.1, -0.05) is 19.9 Å². The van der Waals surface area contributed by atoms with Crippen LogP contribution in [0, 0.1) is 11.8 Å². The molecule has 7 N–H and O–H groups in total. The molecule has 0 fully saturated rings. The number of benzene rings is 3. The van der Waals surface area contributed by atoms with Crippen LogP contribution in [0.25, 0.3) is 10.8 Å². The highest BCUT2D eigenvalue weighted by molar-refractivity contribution is 5.97. The van der Waals surface area contributed by atoms with Gasteiger partial charge in [-0.25, -0.2) is 0 Å². The first-order valence-corrected chi connectivity index (χ1v) is 13.4. The highest BCUT2D eigenvalue weighted by Crippen LogP contribution is 2.49. The molecule has 212 valence electrons. The van der Waals surface area contributed by atoms with E-state index in [-0.39, 0.29) is 51.9 Å². The largest absolute Gasteiger partial charge is 0.508 e. The van der Waals surface area contributed by atoms with E-state index >= 15 is 0 Å². The van der Waals surface area contributed by atoms with Crippen LogP contribution < -0.4 is 10.2 Å². The van der Waals surface area contributed by atoms with E-state index < -0.39 is 28.8 Å². The molecule has 0 saturated heterocycles. The van der Waals surface area contributed by atoms with Crippen molar-refractivity contribution in [3.8, 4) is 46.0 Å². The summed E-state index contributed by atoms with van der Waals surface area (Å²) in [5.74, 6) is -2.50. The molecule has 0 bridgehead atoms. The topological polar surface area (TPSA) is 168 Å². The summed E-state index contributed by atoms with van der Waals surface area (Å²) in [6.07, 6.45) is 0.546. The molecule has 41 heavy (non-hydrogen) atoms. The van der Waals surface area contributed by atoms with Crippen LogP contribution in [0.3, 0.4) is 0 Å². The number of ether oxygens (including phenoxy) is 1. The van der Waals surface area contributed by atoms with Crippen molar-refractivity contribution in [1.82, 2.24) is 0 Å². The lowest BCUT2D eigenvalue weighted by molar-refractivity contribution is 0.122. The number of phenolic OH excluding ortho intramolecular Hbond substituents is 6. The summed E-state index contributed by atoms with van der Waals surface area (Å²) in [5.41, 5.74) is 2.25. The lowest BCUT2D eigenvalue weighted by atomic mass is 9.73. The number of hydrogen-bond acceptors (Lipinski definition) is 9. The fraction of sp³-hybridized carbons (Fsp3) is 0.281. The quantitative estimate of drug-likeness (QED) is 0.168. The third-order valence-corrected chi connectivity index (χ3v) is 8.59. The van der Waals surface area contributed by atoms with Crippen molar-refractivity contribution in [3.63, 3.8) is 0 Å². The predicted molar refractivity (Wildman–Crippen MR) is 150 cm³/mol. The number of rotatable bonds is 2. The minimum atomic E-state index is -0.739. The Labute approximate surface area is 234 Å². The molecule has 1 heterocycles. The molecule has 1 aliphatic carbocycles. The monoisotopic (exact) mass is 558 g/mol. The Hall–Kier alpha value is -4.79. The summed E-state index contributed by atoms with van der Waals surface area (Å²) >= 11 is 0. The SMILES string of the molecule is C[C@@H]1Cc2c(O)cc(O)cc2C[C@@H]1c1cc(=O)c(O)c2c(O)c(O)cc([C@H]3Oc4cc(O)cc(O)c4C[C@H]3C)c2c1. The van der Waals surface area contributed by atoms with Gasteiger partial charge in [-0.15, -0.1) is 0 Å². The van der Waals surface area contributed by atoms with Crippen LogP contribution in [0.2, 0.25) is 0 Å². The van der Waals surface area contributed by atoms with E-state index in [1.54, 1.807) is 12.1 Å². The second-order valence-electron chi connectivity index (χ2n) is 11.4. The van der Waals surface area contributed by atoms with Gasteiger partial charge in [0, 0.05) is 35.2 Å². The second kappa shape index (κ2) is 9.40. The van der Waals surface area contributed by atoms with Crippen molar-refractivity contribution in [1.29, 1.82) is 0 Å². The fourth-order valence-electron chi connectivity index (χ4n) is 6.53. The van der Waals surface area contributed by atoms with Crippen LogP contribution in [0.15, 0.2) is 47.3 Å². The molecule has 4 aromatic rings. The molecule has 0 unspecified atom stereocenters. The summed E-state index contributed by atoms with van der Waals surface area (Å²) < 4.78 is 6.25. The Morgan fingerprint density at radius 3 is 2.07 bits per heavy atom. The molecule has 0 saturated carbocycles. The molecule has 9 nitrogen and oxygen atoms in total. The molecular weight excluding hydrogens is 528 g/mol.